The lowest BCUT2D eigenvalue weighted by Gasteiger charge is -2.37. The normalized spacial score (nSPS) is 39.3. The molecule has 0 amide bonds. The van der Waals surface area contributed by atoms with Gasteiger partial charge in [-0.25, -0.2) is 0 Å². The van der Waals surface area contributed by atoms with E-state index in [9.17, 15) is 0 Å². The molecule has 1 aliphatic carbocycles. The molecule has 3 rings (SSSR count). The van der Waals surface area contributed by atoms with Crippen molar-refractivity contribution in [3.8, 4) is 0 Å². The maximum atomic E-state index is 6.14. The average Bonchev–Trinajstić information content (AvgIpc) is 2.94. The van der Waals surface area contributed by atoms with Crippen LogP contribution in [0.3, 0.4) is 0 Å². The molecule has 0 spiro atoms. The average molecular weight is 267 g/mol. The lowest BCUT2D eigenvalue weighted by molar-refractivity contribution is -0.00612. The summed E-state index contributed by atoms with van der Waals surface area (Å²) in [5.74, 6) is 0.831. The summed E-state index contributed by atoms with van der Waals surface area (Å²) in [6.45, 7) is 7.50. The zero-order chi connectivity index (χ0) is 13.3. The first-order valence-electron chi connectivity index (χ1n) is 8.16. The Hall–Kier alpha value is -0.120. The Kier molecular flexibility index (Phi) is 4.16. The highest BCUT2D eigenvalue weighted by Crippen LogP contribution is 2.50. The molecular formula is C16H29NO2. The Morgan fingerprint density at radius 1 is 1.16 bits per heavy atom. The molecule has 0 radical (unpaired) electrons. The van der Waals surface area contributed by atoms with Gasteiger partial charge in [0.05, 0.1) is 12.2 Å². The number of nitrogens with one attached hydrogen (secondary N) is 1. The zero-order valence-electron chi connectivity index (χ0n) is 12.5. The Labute approximate surface area is 117 Å². The van der Waals surface area contributed by atoms with Crippen LogP contribution >= 0.6 is 0 Å². The van der Waals surface area contributed by atoms with Crippen molar-refractivity contribution in [3.63, 3.8) is 0 Å². The van der Waals surface area contributed by atoms with Crippen LogP contribution in [0.5, 0.6) is 0 Å². The lowest BCUT2D eigenvalue weighted by atomic mass is 9.74. The van der Waals surface area contributed by atoms with E-state index < -0.39 is 0 Å². The maximum absolute atomic E-state index is 6.14. The summed E-state index contributed by atoms with van der Waals surface area (Å²) < 4.78 is 12.1. The lowest BCUT2D eigenvalue weighted by Crippen LogP contribution is -2.45. The predicted molar refractivity (Wildman–Crippen MR) is 76.2 cm³/mol. The fourth-order valence-corrected chi connectivity index (χ4v) is 3.89. The summed E-state index contributed by atoms with van der Waals surface area (Å²) in [4.78, 5) is 0. The van der Waals surface area contributed by atoms with Crippen molar-refractivity contribution in [2.45, 2.75) is 70.6 Å². The van der Waals surface area contributed by atoms with Gasteiger partial charge in [-0.1, -0.05) is 13.8 Å². The van der Waals surface area contributed by atoms with E-state index >= 15 is 0 Å². The van der Waals surface area contributed by atoms with Gasteiger partial charge in [0.1, 0.15) is 0 Å². The second kappa shape index (κ2) is 5.71. The molecule has 3 aliphatic rings. The standard InChI is InChI=1S/C16H29NO2/c1-12(2)17-11-16(10-14-4-3-8-18-14)7-9-19-15(16)13-5-6-13/h12-15,17H,3-11H2,1-2H3. The highest BCUT2D eigenvalue weighted by atomic mass is 16.5. The van der Waals surface area contributed by atoms with Gasteiger partial charge in [0.25, 0.3) is 0 Å². The van der Waals surface area contributed by atoms with Crippen LogP contribution in [0.2, 0.25) is 0 Å². The van der Waals surface area contributed by atoms with E-state index in [1.54, 1.807) is 0 Å². The smallest absolute Gasteiger partial charge is 0.0673 e. The quantitative estimate of drug-likeness (QED) is 0.802. The summed E-state index contributed by atoms with van der Waals surface area (Å²) in [7, 11) is 0. The molecule has 3 unspecified atom stereocenters. The second-order valence-electron chi connectivity index (χ2n) is 7.12. The highest BCUT2D eigenvalue weighted by molar-refractivity contribution is 5.02. The molecule has 1 saturated carbocycles. The Balaban J connectivity index is 1.69. The zero-order valence-corrected chi connectivity index (χ0v) is 12.5. The van der Waals surface area contributed by atoms with Crippen LogP contribution in [0, 0.1) is 11.3 Å². The van der Waals surface area contributed by atoms with E-state index in [4.69, 9.17) is 9.47 Å². The monoisotopic (exact) mass is 267 g/mol. The molecule has 0 aromatic heterocycles. The van der Waals surface area contributed by atoms with Crippen LogP contribution in [0.15, 0.2) is 0 Å². The van der Waals surface area contributed by atoms with Gasteiger partial charge in [-0.3, -0.25) is 0 Å². The third kappa shape index (κ3) is 3.14. The molecule has 2 heterocycles. The van der Waals surface area contributed by atoms with E-state index in [1.165, 1.54) is 38.5 Å². The van der Waals surface area contributed by atoms with Crippen LogP contribution in [-0.4, -0.2) is 38.0 Å². The molecule has 19 heavy (non-hydrogen) atoms. The van der Waals surface area contributed by atoms with Crippen molar-refractivity contribution >= 4 is 0 Å². The molecule has 2 aliphatic heterocycles. The van der Waals surface area contributed by atoms with Gasteiger partial charge in [-0.15, -0.1) is 0 Å². The number of ether oxygens (including phenoxy) is 2. The summed E-state index contributed by atoms with van der Waals surface area (Å²) in [6, 6.07) is 0.557. The van der Waals surface area contributed by atoms with Gasteiger partial charge >= 0.3 is 0 Å². The van der Waals surface area contributed by atoms with Crippen molar-refractivity contribution in [3.05, 3.63) is 0 Å². The van der Waals surface area contributed by atoms with Crippen LogP contribution < -0.4 is 5.32 Å². The first kappa shape index (κ1) is 13.8. The van der Waals surface area contributed by atoms with Gasteiger partial charge in [-0.05, 0) is 44.4 Å². The van der Waals surface area contributed by atoms with Crippen LogP contribution in [0.25, 0.3) is 0 Å². The summed E-state index contributed by atoms with van der Waals surface area (Å²) in [5.41, 5.74) is 0.334. The van der Waals surface area contributed by atoms with Crippen molar-refractivity contribution in [1.82, 2.24) is 5.32 Å². The first-order chi connectivity index (χ1) is 9.20. The third-order valence-corrected chi connectivity index (χ3v) is 5.07. The fourth-order valence-electron chi connectivity index (χ4n) is 3.89. The van der Waals surface area contributed by atoms with Gasteiger partial charge in [0, 0.05) is 31.2 Å². The van der Waals surface area contributed by atoms with Crippen molar-refractivity contribution in [1.29, 1.82) is 0 Å². The highest BCUT2D eigenvalue weighted by Gasteiger charge is 2.51. The number of hydrogen-bond acceptors (Lipinski definition) is 3. The molecule has 0 aromatic carbocycles. The van der Waals surface area contributed by atoms with Crippen molar-refractivity contribution < 1.29 is 9.47 Å². The fraction of sp³-hybridized carbons (Fsp3) is 1.00. The van der Waals surface area contributed by atoms with E-state index in [0.717, 1.165) is 25.7 Å². The van der Waals surface area contributed by atoms with Gasteiger partial charge < -0.3 is 14.8 Å². The topological polar surface area (TPSA) is 30.5 Å². The minimum Gasteiger partial charge on any atom is -0.378 e. The largest absolute Gasteiger partial charge is 0.378 e. The first-order valence-corrected chi connectivity index (χ1v) is 8.16. The number of rotatable bonds is 6. The Bertz CT molecular complexity index is 297. The van der Waals surface area contributed by atoms with Crippen LogP contribution in [0.4, 0.5) is 0 Å². The maximum Gasteiger partial charge on any atom is 0.0673 e. The third-order valence-electron chi connectivity index (χ3n) is 5.07. The van der Waals surface area contributed by atoms with E-state index in [1.807, 2.05) is 0 Å². The van der Waals surface area contributed by atoms with Crippen LogP contribution in [-0.2, 0) is 9.47 Å². The second-order valence-corrected chi connectivity index (χ2v) is 7.12. The molecule has 3 fully saturated rings. The van der Waals surface area contributed by atoms with Crippen LogP contribution in [0.1, 0.15) is 52.4 Å². The van der Waals surface area contributed by atoms with Gasteiger partial charge in [0.15, 0.2) is 0 Å². The molecule has 3 atom stereocenters. The van der Waals surface area contributed by atoms with Gasteiger partial charge in [-0.2, -0.15) is 0 Å². The minimum absolute atomic E-state index is 0.334. The number of hydrogen-bond donors (Lipinski definition) is 1. The van der Waals surface area contributed by atoms with Crippen molar-refractivity contribution in [2.75, 3.05) is 19.8 Å². The molecule has 3 heteroatoms. The molecular weight excluding hydrogens is 238 g/mol. The molecule has 1 N–H and O–H groups in total. The molecule has 110 valence electrons. The summed E-state index contributed by atoms with van der Waals surface area (Å²) in [6.07, 6.45) is 8.63. The summed E-state index contributed by atoms with van der Waals surface area (Å²) >= 11 is 0. The van der Waals surface area contributed by atoms with Crippen molar-refractivity contribution in [2.24, 2.45) is 11.3 Å². The molecule has 2 saturated heterocycles. The molecule has 0 aromatic rings. The Morgan fingerprint density at radius 3 is 2.63 bits per heavy atom. The molecule has 3 nitrogen and oxygen atoms in total. The predicted octanol–water partition coefficient (Wildman–Crippen LogP) is 2.74. The molecule has 0 bridgehead atoms. The van der Waals surface area contributed by atoms with E-state index in [2.05, 4.69) is 19.2 Å². The van der Waals surface area contributed by atoms with E-state index in [0.29, 0.717) is 23.7 Å². The van der Waals surface area contributed by atoms with Gasteiger partial charge in [0.2, 0.25) is 0 Å². The summed E-state index contributed by atoms with van der Waals surface area (Å²) in [5, 5.41) is 3.68. The minimum atomic E-state index is 0.334. The Morgan fingerprint density at radius 2 is 2.00 bits per heavy atom. The van der Waals surface area contributed by atoms with E-state index in [-0.39, 0.29) is 0 Å². The SMILES string of the molecule is CC(C)NCC1(CC2CCCO2)CCOC1C1CC1.